The lowest BCUT2D eigenvalue weighted by molar-refractivity contribution is 0.0584. The van der Waals surface area contributed by atoms with Crippen LogP contribution in [0.15, 0.2) is 60.9 Å². The van der Waals surface area contributed by atoms with E-state index in [-0.39, 0.29) is 23.7 Å². The normalized spacial score (nSPS) is 16.8. The number of halogens is 1. The number of rotatable bonds is 8. The van der Waals surface area contributed by atoms with Gasteiger partial charge in [0.05, 0.1) is 12.3 Å². The molecule has 2 heterocycles. The number of benzene rings is 2. The number of amides is 1. The fourth-order valence-corrected chi connectivity index (χ4v) is 4.07. The molecule has 2 atom stereocenters. The zero-order chi connectivity index (χ0) is 22.5. The van der Waals surface area contributed by atoms with Gasteiger partial charge in [-0.3, -0.25) is 9.48 Å². The largest absolute Gasteiger partial charge is 0.491 e. The lowest BCUT2D eigenvalue weighted by atomic mass is 9.99. The van der Waals surface area contributed by atoms with Crippen LogP contribution in [-0.4, -0.2) is 53.5 Å². The van der Waals surface area contributed by atoms with Crippen molar-refractivity contribution in [1.82, 2.24) is 14.7 Å². The minimum Gasteiger partial charge on any atom is -0.491 e. The molecule has 3 aromatic rings. The number of likely N-dealkylation sites (tertiary alicyclic amines) is 1. The van der Waals surface area contributed by atoms with Crippen molar-refractivity contribution < 1.29 is 18.7 Å². The number of methoxy groups -OCH3 is 1. The van der Waals surface area contributed by atoms with Gasteiger partial charge in [-0.25, -0.2) is 4.39 Å². The van der Waals surface area contributed by atoms with Crippen molar-refractivity contribution in [1.29, 1.82) is 0 Å². The van der Waals surface area contributed by atoms with E-state index in [0.717, 1.165) is 17.5 Å². The SMILES string of the molecule is COC(COc1ccc(C(=O)N2CCC(c3ccc(F)cc3)C2)cc1)Cc1cnn(C)c1. The summed E-state index contributed by atoms with van der Waals surface area (Å²) in [6, 6.07) is 13.8. The van der Waals surface area contributed by atoms with Gasteiger partial charge >= 0.3 is 0 Å². The second-order valence-corrected chi connectivity index (χ2v) is 8.21. The molecule has 0 saturated carbocycles. The Kier molecular flexibility index (Phi) is 6.85. The fourth-order valence-electron chi connectivity index (χ4n) is 4.07. The van der Waals surface area contributed by atoms with Crippen molar-refractivity contribution in [3.8, 4) is 5.75 Å². The molecule has 32 heavy (non-hydrogen) atoms. The van der Waals surface area contributed by atoms with Crippen LogP contribution in [0.1, 0.15) is 33.8 Å². The third-order valence-electron chi connectivity index (χ3n) is 5.91. The van der Waals surface area contributed by atoms with Crippen LogP contribution in [0.2, 0.25) is 0 Å². The molecule has 168 valence electrons. The van der Waals surface area contributed by atoms with Crippen molar-refractivity contribution in [2.75, 3.05) is 26.8 Å². The maximum Gasteiger partial charge on any atom is 0.253 e. The van der Waals surface area contributed by atoms with E-state index in [1.165, 1.54) is 12.1 Å². The van der Waals surface area contributed by atoms with E-state index < -0.39 is 0 Å². The summed E-state index contributed by atoms with van der Waals surface area (Å²) in [5.41, 5.74) is 2.80. The molecule has 0 aliphatic carbocycles. The zero-order valence-electron chi connectivity index (χ0n) is 18.4. The molecule has 1 aliphatic rings. The maximum absolute atomic E-state index is 13.2. The highest BCUT2D eigenvalue weighted by Crippen LogP contribution is 2.28. The lowest BCUT2D eigenvalue weighted by Crippen LogP contribution is -2.28. The topological polar surface area (TPSA) is 56.6 Å². The number of ether oxygens (including phenoxy) is 2. The van der Waals surface area contributed by atoms with E-state index in [9.17, 15) is 9.18 Å². The van der Waals surface area contributed by atoms with Crippen molar-refractivity contribution in [3.63, 3.8) is 0 Å². The summed E-state index contributed by atoms with van der Waals surface area (Å²) in [6.45, 7) is 1.75. The van der Waals surface area contributed by atoms with Crippen molar-refractivity contribution in [2.45, 2.75) is 24.9 Å². The van der Waals surface area contributed by atoms with Gasteiger partial charge in [-0.15, -0.1) is 0 Å². The first kappa shape index (κ1) is 22.0. The molecule has 2 unspecified atom stereocenters. The van der Waals surface area contributed by atoms with Gasteiger partial charge in [0.2, 0.25) is 0 Å². The Bertz CT molecular complexity index is 1030. The summed E-state index contributed by atoms with van der Waals surface area (Å²) >= 11 is 0. The van der Waals surface area contributed by atoms with E-state index in [4.69, 9.17) is 9.47 Å². The second-order valence-electron chi connectivity index (χ2n) is 8.21. The highest BCUT2D eigenvalue weighted by molar-refractivity contribution is 5.94. The predicted molar refractivity (Wildman–Crippen MR) is 119 cm³/mol. The van der Waals surface area contributed by atoms with Gasteiger partial charge in [0.25, 0.3) is 5.91 Å². The Morgan fingerprint density at radius 1 is 1.19 bits per heavy atom. The third kappa shape index (κ3) is 5.34. The second kappa shape index (κ2) is 9.96. The minimum atomic E-state index is -0.240. The van der Waals surface area contributed by atoms with Crippen LogP contribution in [0, 0.1) is 5.82 Å². The monoisotopic (exact) mass is 437 g/mol. The summed E-state index contributed by atoms with van der Waals surface area (Å²) in [5, 5.41) is 4.18. The summed E-state index contributed by atoms with van der Waals surface area (Å²) in [7, 11) is 3.55. The molecule has 1 fully saturated rings. The van der Waals surface area contributed by atoms with E-state index in [1.54, 1.807) is 23.9 Å². The zero-order valence-corrected chi connectivity index (χ0v) is 18.4. The highest BCUT2D eigenvalue weighted by Gasteiger charge is 2.28. The summed E-state index contributed by atoms with van der Waals surface area (Å²) in [6.07, 6.45) is 5.30. The van der Waals surface area contributed by atoms with Gasteiger partial charge < -0.3 is 14.4 Å². The molecule has 1 aromatic heterocycles. The number of hydrogen-bond donors (Lipinski definition) is 0. The number of carbonyl (C=O) groups excluding carboxylic acids is 1. The molecule has 1 aliphatic heterocycles. The van der Waals surface area contributed by atoms with E-state index in [2.05, 4.69) is 5.10 Å². The summed E-state index contributed by atoms with van der Waals surface area (Å²) in [4.78, 5) is 14.8. The fraction of sp³-hybridized carbons (Fsp3) is 0.360. The Morgan fingerprint density at radius 3 is 2.59 bits per heavy atom. The molecular formula is C25H28FN3O3. The molecule has 2 aromatic carbocycles. The molecule has 0 spiro atoms. The average Bonchev–Trinajstić information content (AvgIpc) is 3.46. The molecule has 0 N–H and O–H groups in total. The molecule has 7 heteroatoms. The molecule has 1 saturated heterocycles. The number of carbonyl (C=O) groups is 1. The van der Waals surface area contributed by atoms with Crippen LogP contribution < -0.4 is 4.74 Å². The molecule has 6 nitrogen and oxygen atoms in total. The highest BCUT2D eigenvalue weighted by atomic mass is 19.1. The van der Waals surface area contributed by atoms with Crippen LogP contribution in [-0.2, 0) is 18.2 Å². The Labute approximate surface area is 187 Å². The predicted octanol–water partition coefficient (Wildman–Crippen LogP) is 3.83. The van der Waals surface area contributed by atoms with Crippen LogP contribution in [0.25, 0.3) is 0 Å². The molecule has 4 rings (SSSR count). The number of aromatic nitrogens is 2. The first-order valence-electron chi connectivity index (χ1n) is 10.8. The maximum atomic E-state index is 13.2. The molecule has 0 radical (unpaired) electrons. The van der Waals surface area contributed by atoms with Gasteiger partial charge in [0, 0.05) is 51.3 Å². The van der Waals surface area contributed by atoms with Gasteiger partial charge in [0.1, 0.15) is 18.2 Å². The number of aryl methyl sites for hydroxylation is 1. The van der Waals surface area contributed by atoms with Gasteiger partial charge in [0.15, 0.2) is 0 Å². The first-order valence-corrected chi connectivity index (χ1v) is 10.8. The molecular weight excluding hydrogens is 409 g/mol. The van der Waals surface area contributed by atoms with Crippen LogP contribution in [0.5, 0.6) is 5.75 Å². The van der Waals surface area contributed by atoms with Crippen LogP contribution in [0.4, 0.5) is 4.39 Å². The molecule has 1 amide bonds. The quantitative estimate of drug-likeness (QED) is 0.538. The number of nitrogens with zero attached hydrogens (tertiary/aromatic N) is 3. The average molecular weight is 438 g/mol. The smallest absolute Gasteiger partial charge is 0.253 e. The van der Waals surface area contributed by atoms with Crippen molar-refractivity contribution in [3.05, 3.63) is 83.4 Å². The standard InChI is InChI=1S/C25H28FN3O3/c1-28-15-18(14-27-28)13-24(31-2)17-32-23-9-5-20(6-10-23)25(30)29-12-11-21(16-29)19-3-7-22(26)8-4-19/h3-10,14-15,21,24H,11-13,16-17H2,1-2H3. The van der Waals surface area contributed by atoms with Crippen LogP contribution in [0.3, 0.4) is 0 Å². The van der Waals surface area contributed by atoms with Crippen LogP contribution >= 0.6 is 0 Å². The van der Waals surface area contributed by atoms with Gasteiger partial charge in [-0.2, -0.15) is 5.10 Å². The number of hydrogen-bond acceptors (Lipinski definition) is 4. The summed E-state index contributed by atoms with van der Waals surface area (Å²) < 4.78 is 26.3. The van der Waals surface area contributed by atoms with Gasteiger partial charge in [-0.1, -0.05) is 12.1 Å². The van der Waals surface area contributed by atoms with Crippen molar-refractivity contribution >= 4 is 5.91 Å². The Hall–Kier alpha value is -3.19. The van der Waals surface area contributed by atoms with E-state index in [1.807, 2.05) is 48.6 Å². The summed E-state index contributed by atoms with van der Waals surface area (Å²) in [5.74, 6) is 0.705. The van der Waals surface area contributed by atoms with Crippen molar-refractivity contribution in [2.24, 2.45) is 7.05 Å². The Balaban J connectivity index is 1.30. The molecule has 0 bridgehead atoms. The lowest BCUT2D eigenvalue weighted by Gasteiger charge is -2.18. The minimum absolute atomic E-state index is 0.00695. The van der Waals surface area contributed by atoms with Gasteiger partial charge in [-0.05, 0) is 53.9 Å². The third-order valence-corrected chi connectivity index (χ3v) is 5.91. The van der Waals surface area contributed by atoms with E-state index in [0.29, 0.717) is 37.4 Å². The van der Waals surface area contributed by atoms with E-state index >= 15 is 0 Å². The Morgan fingerprint density at radius 2 is 1.94 bits per heavy atom. The first-order chi connectivity index (χ1) is 15.5.